The zero-order valence-corrected chi connectivity index (χ0v) is 15.8. The van der Waals surface area contributed by atoms with Crippen LogP contribution < -0.4 is 5.56 Å². The number of aryl methyl sites for hydroxylation is 1. The van der Waals surface area contributed by atoms with Crippen LogP contribution in [0.15, 0.2) is 40.2 Å². The van der Waals surface area contributed by atoms with Crippen molar-refractivity contribution >= 4 is 18.1 Å². The summed E-state index contributed by atoms with van der Waals surface area (Å²) >= 11 is 0. The molecule has 7 heteroatoms. The van der Waals surface area contributed by atoms with Gasteiger partial charge in [0, 0.05) is 18.3 Å². The van der Waals surface area contributed by atoms with Crippen molar-refractivity contribution in [2.24, 2.45) is 4.99 Å². The van der Waals surface area contributed by atoms with E-state index in [2.05, 4.69) is 52.7 Å². The number of aromatic amines is 1. The molecular weight excluding hydrogens is 328 g/mol. The van der Waals surface area contributed by atoms with E-state index in [0.29, 0.717) is 29.4 Å². The lowest BCUT2D eigenvalue weighted by atomic mass is 10.1. The Kier molecular flexibility index (Phi) is 4.88. The van der Waals surface area contributed by atoms with E-state index in [9.17, 15) is 4.79 Å². The topological polar surface area (TPSA) is 78.7 Å². The predicted molar refractivity (Wildman–Crippen MR) is 104 cm³/mol. The Morgan fingerprint density at radius 3 is 2.42 bits per heavy atom. The van der Waals surface area contributed by atoms with Crippen molar-refractivity contribution in [2.45, 2.75) is 46.7 Å². The number of rotatable bonds is 5. The largest absolute Gasteiger partial charge is 0.358 e. The van der Waals surface area contributed by atoms with Crippen molar-refractivity contribution in [3.8, 4) is 11.1 Å². The van der Waals surface area contributed by atoms with Gasteiger partial charge in [0.25, 0.3) is 11.5 Å². The second-order valence-corrected chi connectivity index (χ2v) is 6.92. The summed E-state index contributed by atoms with van der Waals surface area (Å²) in [6, 6.07) is 8.44. The number of aromatic nitrogens is 4. The van der Waals surface area contributed by atoms with E-state index in [0.717, 1.165) is 11.1 Å². The van der Waals surface area contributed by atoms with E-state index in [1.807, 2.05) is 31.2 Å². The number of H-pyrrole nitrogens is 1. The van der Waals surface area contributed by atoms with Gasteiger partial charge in [0.1, 0.15) is 0 Å². The van der Waals surface area contributed by atoms with Crippen molar-refractivity contribution < 1.29 is 0 Å². The van der Waals surface area contributed by atoms with Crippen LogP contribution in [0.3, 0.4) is 0 Å². The third-order valence-corrected chi connectivity index (χ3v) is 4.20. The van der Waals surface area contributed by atoms with E-state index in [-0.39, 0.29) is 5.56 Å². The minimum atomic E-state index is -0.199. The maximum absolute atomic E-state index is 12.4. The average Bonchev–Trinajstić information content (AvgIpc) is 2.96. The fraction of sp³-hybridized carbons (Fsp3) is 0.368. The molecular formula is C19H24N6O. The summed E-state index contributed by atoms with van der Waals surface area (Å²) in [7, 11) is 0. The van der Waals surface area contributed by atoms with Crippen LogP contribution in [0.1, 0.15) is 33.3 Å². The molecule has 0 aliphatic rings. The molecule has 3 aromatic rings. The number of fused-ring (bicyclic) bond motifs is 1. The first kappa shape index (κ1) is 17.8. The summed E-state index contributed by atoms with van der Waals surface area (Å²) in [4.78, 5) is 25.9. The molecule has 0 fully saturated rings. The summed E-state index contributed by atoms with van der Waals surface area (Å²) in [5.41, 5.74) is 2.33. The molecule has 2 aromatic heterocycles. The molecule has 7 nitrogen and oxygen atoms in total. The lowest BCUT2D eigenvalue weighted by Crippen LogP contribution is -2.35. The Morgan fingerprint density at radius 1 is 1.15 bits per heavy atom. The quantitative estimate of drug-likeness (QED) is 0.565. The Balaban J connectivity index is 1.97. The first-order valence-corrected chi connectivity index (χ1v) is 8.73. The summed E-state index contributed by atoms with van der Waals surface area (Å²) < 4.78 is 1.55. The molecule has 0 aliphatic heterocycles. The molecule has 0 spiro atoms. The fourth-order valence-corrected chi connectivity index (χ4v) is 2.81. The molecule has 0 amide bonds. The lowest BCUT2D eigenvalue weighted by molar-refractivity contribution is 0.301. The standard InChI is InChI=1S/C19H24N6O/c1-12(2)24(13(3)4)11-20-18-22-19-21-17(26)16(10-25(19)23-18)15-8-6-14(5)7-9-15/h6-13H,1-5H3,(H,21,22,23,26)/b20-11+. The second-order valence-electron chi connectivity index (χ2n) is 6.92. The maximum atomic E-state index is 12.4. The van der Waals surface area contributed by atoms with Gasteiger partial charge < -0.3 is 4.90 Å². The highest BCUT2D eigenvalue weighted by atomic mass is 16.1. The summed E-state index contributed by atoms with van der Waals surface area (Å²) in [5.74, 6) is 0.687. The van der Waals surface area contributed by atoms with Gasteiger partial charge in [-0.05, 0) is 40.2 Å². The molecule has 0 saturated heterocycles. The van der Waals surface area contributed by atoms with Gasteiger partial charge in [-0.3, -0.25) is 9.78 Å². The summed E-state index contributed by atoms with van der Waals surface area (Å²) in [5, 5.41) is 4.36. The highest BCUT2D eigenvalue weighted by Crippen LogP contribution is 2.16. The van der Waals surface area contributed by atoms with Crippen LogP contribution in [-0.4, -0.2) is 42.9 Å². The third-order valence-electron chi connectivity index (χ3n) is 4.20. The molecule has 0 saturated carbocycles. The van der Waals surface area contributed by atoms with Crippen LogP contribution >= 0.6 is 0 Å². The van der Waals surface area contributed by atoms with Crippen molar-refractivity contribution in [2.75, 3.05) is 0 Å². The molecule has 2 heterocycles. The zero-order chi connectivity index (χ0) is 18.8. The maximum Gasteiger partial charge on any atom is 0.271 e. The van der Waals surface area contributed by atoms with Crippen LogP contribution in [0.2, 0.25) is 0 Å². The number of nitrogens with zero attached hydrogens (tertiary/aromatic N) is 5. The van der Waals surface area contributed by atoms with Crippen LogP contribution in [-0.2, 0) is 0 Å². The van der Waals surface area contributed by atoms with Gasteiger partial charge in [-0.2, -0.15) is 4.98 Å². The lowest BCUT2D eigenvalue weighted by Gasteiger charge is -2.27. The minimum Gasteiger partial charge on any atom is -0.358 e. The van der Waals surface area contributed by atoms with Gasteiger partial charge in [0.05, 0.1) is 11.9 Å². The first-order chi connectivity index (χ1) is 12.3. The molecule has 3 rings (SSSR count). The smallest absolute Gasteiger partial charge is 0.271 e. The fourth-order valence-electron chi connectivity index (χ4n) is 2.81. The first-order valence-electron chi connectivity index (χ1n) is 8.73. The van der Waals surface area contributed by atoms with Crippen molar-refractivity contribution in [3.05, 3.63) is 46.4 Å². The Hall–Kier alpha value is -2.96. The van der Waals surface area contributed by atoms with Crippen molar-refractivity contribution in [3.63, 3.8) is 0 Å². The van der Waals surface area contributed by atoms with Crippen LogP contribution in [0.4, 0.5) is 5.95 Å². The van der Waals surface area contributed by atoms with Gasteiger partial charge >= 0.3 is 0 Å². The van der Waals surface area contributed by atoms with Gasteiger partial charge in [0.15, 0.2) is 0 Å². The van der Waals surface area contributed by atoms with Gasteiger partial charge in [0.2, 0.25) is 5.78 Å². The number of nitrogens with one attached hydrogen (secondary N) is 1. The molecule has 1 aromatic carbocycles. The van der Waals surface area contributed by atoms with E-state index in [1.165, 1.54) is 0 Å². The Bertz CT molecular complexity index is 973. The highest BCUT2D eigenvalue weighted by Gasteiger charge is 2.11. The Labute approximate surface area is 152 Å². The van der Waals surface area contributed by atoms with E-state index in [4.69, 9.17) is 0 Å². The molecule has 0 aliphatic carbocycles. The Morgan fingerprint density at radius 2 is 1.81 bits per heavy atom. The van der Waals surface area contributed by atoms with Gasteiger partial charge in [-0.15, -0.1) is 5.10 Å². The van der Waals surface area contributed by atoms with Crippen LogP contribution in [0, 0.1) is 6.92 Å². The number of aliphatic imine (C=N–C) groups is 1. The predicted octanol–water partition coefficient (Wildman–Crippen LogP) is 3.17. The normalized spacial score (nSPS) is 12.0. The van der Waals surface area contributed by atoms with Crippen molar-refractivity contribution in [1.29, 1.82) is 0 Å². The zero-order valence-electron chi connectivity index (χ0n) is 15.8. The summed E-state index contributed by atoms with van der Waals surface area (Å²) in [6.07, 6.45) is 3.44. The second kappa shape index (κ2) is 7.11. The molecule has 0 unspecified atom stereocenters. The highest BCUT2D eigenvalue weighted by molar-refractivity contribution is 5.63. The molecule has 0 radical (unpaired) electrons. The van der Waals surface area contributed by atoms with Crippen LogP contribution in [0.25, 0.3) is 16.9 Å². The molecule has 0 atom stereocenters. The number of hydrogen-bond donors (Lipinski definition) is 1. The third kappa shape index (κ3) is 3.66. The molecule has 136 valence electrons. The van der Waals surface area contributed by atoms with Crippen molar-refractivity contribution in [1.82, 2.24) is 24.5 Å². The number of hydrogen-bond acceptors (Lipinski definition) is 4. The van der Waals surface area contributed by atoms with E-state index in [1.54, 1.807) is 17.1 Å². The SMILES string of the molecule is Cc1ccc(-c2cn3nc(/N=C/N(C(C)C)C(C)C)nc3[nH]c2=O)cc1. The minimum absolute atomic E-state index is 0.199. The molecule has 26 heavy (non-hydrogen) atoms. The van der Waals surface area contributed by atoms with E-state index >= 15 is 0 Å². The average molecular weight is 352 g/mol. The summed E-state index contributed by atoms with van der Waals surface area (Å²) in [6.45, 7) is 10.4. The molecule has 1 N–H and O–H groups in total. The van der Waals surface area contributed by atoms with Gasteiger partial charge in [-0.25, -0.2) is 9.51 Å². The van der Waals surface area contributed by atoms with Gasteiger partial charge in [-0.1, -0.05) is 29.8 Å². The number of benzene rings is 1. The monoisotopic (exact) mass is 352 g/mol. The molecule has 0 bridgehead atoms. The van der Waals surface area contributed by atoms with E-state index < -0.39 is 0 Å². The van der Waals surface area contributed by atoms with Crippen LogP contribution in [0.5, 0.6) is 0 Å².